The summed E-state index contributed by atoms with van der Waals surface area (Å²) in [6, 6.07) is -0.764. The molecule has 442 valence electrons. The van der Waals surface area contributed by atoms with E-state index in [9.17, 15) is 19.4 Å². The van der Waals surface area contributed by atoms with Gasteiger partial charge in [0.2, 0.25) is 5.91 Å². The Labute approximate surface area is 471 Å². The van der Waals surface area contributed by atoms with E-state index >= 15 is 0 Å². The molecule has 0 aliphatic rings. The molecule has 3 unspecified atom stereocenters. The third-order valence-electron chi connectivity index (χ3n) is 14.2. The van der Waals surface area contributed by atoms with Crippen molar-refractivity contribution in [3.63, 3.8) is 0 Å². The molecular formula is C67H124N2O6P+. The summed E-state index contributed by atoms with van der Waals surface area (Å²) in [5.74, 6) is -0.144. The molecule has 9 heteroatoms. The van der Waals surface area contributed by atoms with Crippen molar-refractivity contribution in [2.45, 2.75) is 296 Å². The third-order valence-corrected chi connectivity index (χ3v) is 15.1. The number of nitrogens with zero attached hydrogens (tertiary/aromatic N) is 1. The quantitative estimate of drug-likeness (QED) is 0.0243. The van der Waals surface area contributed by atoms with Crippen molar-refractivity contribution in [2.24, 2.45) is 0 Å². The molecule has 0 aliphatic heterocycles. The van der Waals surface area contributed by atoms with E-state index in [0.29, 0.717) is 23.9 Å². The number of aliphatic hydroxyl groups is 1. The Morgan fingerprint density at radius 3 is 1.16 bits per heavy atom. The maximum Gasteiger partial charge on any atom is 0.472 e. The molecule has 8 nitrogen and oxygen atoms in total. The van der Waals surface area contributed by atoms with Crippen LogP contribution in [0, 0.1) is 0 Å². The van der Waals surface area contributed by atoms with Crippen molar-refractivity contribution in [2.75, 3.05) is 40.9 Å². The molecule has 0 aromatic carbocycles. The molecule has 0 radical (unpaired) electrons. The fourth-order valence-corrected chi connectivity index (χ4v) is 9.94. The normalized spacial score (nSPS) is 14.4. The van der Waals surface area contributed by atoms with Gasteiger partial charge in [0.25, 0.3) is 0 Å². The van der Waals surface area contributed by atoms with Gasteiger partial charge in [-0.15, -0.1) is 0 Å². The zero-order chi connectivity index (χ0) is 55.6. The molecule has 0 heterocycles. The molecule has 3 atom stereocenters. The standard InChI is InChI=1S/C67H123N2O6P/c1-6-8-10-12-14-16-18-20-22-24-25-26-27-28-29-30-31-32-33-34-35-36-37-38-39-40-41-42-43-45-47-49-51-53-55-57-59-61-67(71)68-65(64-75-76(72,73)74-63-62-69(3,4)5)66(70)60-58-56-54-52-50-48-46-44-23-21-19-17-15-13-11-9-7-2/h8,10,14,16,20,22,25-26,28-29,31-32,34-35,65-66,70H,6-7,9,11-13,15,17-19,21,23-24,27,30,33,36-64H2,1-5H3,(H-,68,71,72,73)/p+1/b10-8-,16-14-,22-20-,26-25-,29-28-,32-31-,35-34-. The maximum atomic E-state index is 13.0. The summed E-state index contributed by atoms with van der Waals surface area (Å²) in [6.07, 6.45) is 80.8. The predicted molar refractivity (Wildman–Crippen MR) is 332 cm³/mol. The molecule has 0 aromatic rings. The highest BCUT2D eigenvalue weighted by molar-refractivity contribution is 7.47. The number of allylic oxidation sites excluding steroid dienone is 14. The number of hydrogen-bond donors (Lipinski definition) is 3. The molecule has 0 bridgehead atoms. The van der Waals surface area contributed by atoms with Crippen molar-refractivity contribution in [1.82, 2.24) is 5.32 Å². The van der Waals surface area contributed by atoms with Gasteiger partial charge in [0.15, 0.2) is 0 Å². The Morgan fingerprint density at radius 2 is 0.789 bits per heavy atom. The number of carbonyl (C=O) groups excluding carboxylic acids is 1. The van der Waals surface area contributed by atoms with Gasteiger partial charge in [0, 0.05) is 6.42 Å². The second-order valence-corrected chi connectivity index (χ2v) is 24.2. The summed E-state index contributed by atoms with van der Waals surface area (Å²) >= 11 is 0. The number of hydrogen-bond acceptors (Lipinski definition) is 5. The number of nitrogens with one attached hydrogen (secondary N) is 1. The van der Waals surface area contributed by atoms with Crippen molar-refractivity contribution in [3.8, 4) is 0 Å². The summed E-state index contributed by atoms with van der Waals surface area (Å²) in [5, 5.41) is 14.1. The van der Waals surface area contributed by atoms with Crippen molar-refractivity contribution < 1.29 is 32.9 Å². The van der Waals surface area contributed by atoms with Crippen LogP contribution >= 0.6 is 7.82 Å². The smallest absolute Gasteiger partial charge is 0.391 e. The molecule has 0 saturated heterocycles. The minimum absolute atomic E-state index is 0.0732. The van der Waals surface area contributed by atoms with Crippen LogP contribution in [0.3, 0.4) is 0 Å². The number of unbranched alkanes of at least 4 members (excludes halogenated alkanes) is 31. The molecule has 1 amide bonds. The van der Waals surface area contributed by atoms with Crippen LogP contribution in [0.5, 0.6) is 0 Å². The van der Waals surface area contributed by atoms with E-state index in [0.717, 1.165) is 83.5 Å². The minimum atomic E-state index is -4.33. The molecule has 3 N–H and O–H groups in total. The number of quaternary nitrogens is 1. The second kappa shape index (κ2) is 57.4. The monoisotopic (exact) mass is 1080 g/mol. The number of carbonyl (C=O) groups is 1. The maximum absolute atomic E-state index is 13.0. The number of rotatable bonds is 58. The van der Waals surface area contributed by atoms with Crippen LogP contribution < -0.4 is 5.32 Å². The summed E-state index contributed by atoms with van der Waals surface area (Å²) in [7, 11) is 1.62. The van der Waals surface area contributed by atoms with Gasteiger partial charge in [-0.2, -0.15) is 0 Å². The lowest BCUT2D eigenvalue weighted by molar-refractivity contribution is -0.870. The van der Waals surface area contributed by atoms with Gasteiger partial charge in [-0.3, -0.25) is 13.8 Å². The van der Waals surface area contributed by atoms with Crippen LogP contribution in [-0.4, -0.2) is 73.4 Å². The van der Waals surface area contributed by atoms with E-state index < -0.39 is 20.0 Å². The highest BCUT2D eigenvalue weighted by Crippen LogP contribution is 2.43. The fourth-order valence-electron chi connectivity index (χ4n) is 9.21. The minimum Gasteiger partial charge on any atom is -0.391 e. The highest BCUT2D eigenvalue weighted by Gasteiger charge is 2.28. The predicted octanol–water partition coefficient (Wildman–Crippen LogP) is 20.0. The molecule has 0 aliphatic carbocycles. The average Bonchev–Trinajstić information content (AvgIpc) is 3.38. The molecular weight excluding hydrogens is 960 g/mol. The molecule has 0 rings (SSSR count). The van der Waals surface area contributed by atoms with E-state index in [1.54, 1.807) is 0 Å². The second-order valence-electron chi connectivity index (χ2n) is 22.8. The van der Waals surface area contributed by atoms with E-state index in [1.165, 1.54) is 173 Å². The van der Waals surface area contributed by atoms with Gasteiger partial charge >= 0.3 is 7.82 Å². The molecule has 0 saturated carbocycles. The van der Waals surface area contributed by atoms with Crippen LogP contribution in [0.15, 0.2) is 85.1 Å². The van der Waals surface area contributed by atoms with Crippen LogP contribution in [0.4, 0.5) is 0 Å². The van der Waals surface area contributed by atoms with Gasteiger partial charge in [0.05, 0.1) is 39.9 Å². The first-order chi connectivity index (χ1) is 37.0. The Morgan fingerprint density at radius 1 is 0.461 bits per heavy atom. The lowest BCUT2D eigenvalue weighted by Gasteiger charge is -2.26. The van der Waals surface area contributed by atoms with Crippen molar-refractivity contribution >= 4 is 13.7 Å². The van der Waals surface area contributed by atoms with Crippen LogP contribution in [0.25, 0.3) is 0 Å². The Kier molecular flexibility index (Phi) is 55.6. The zero-order valence-electron chi connectivity index (χ0n) is 50.5. The van der Waals surface area contributed by atoms with Gasteiger partial charge in [-0.05, 0) is 70.6 Å². The van der Waals surface area contributed by atoms with E-state index in [-0.39, 0.29) is 19.1 Å². The summed E-state index contributed by atoms with van der Waals surface area (Å²) < 4.78 is 23.8. The number of phosphoric acid groups is 1. The highest BCUT2D eigenvalue weighted by atomic mass is 31.2. The van der Waals surface area contributed by atoms with Crippen LogP contribution in [0.2, 0.25) is 0 Å². The summed E-state index contributed by atoms with van der Waals surface area (Å²) in [5.41, 5.74) is 0. The number of aliphatic hydroxyl groups excluding tert-OH is 1. The van der Waals surface area contributed by atoms with Gasteiger partial charge < -0.3 is 19.8 Å². The van der Waals surface area contributed by atoms with Crippen molar-refractivity contribution in [3.05, 3.63) is 85.1 Å². The topological polar surface area (TPSA) is 105 Å². The zero-order valence-corrected chi connectivity index (χ0v) is 51.4. The number of likely N-dealkylation sites (N-methyl/N-ethyl adjacent to an activating group) is 1. The summed E-state index contributed by atoms with van der Waals surface area (Å²) in [4.78, 5) is 23.4. The van der Waals surface area contributed by atoms with E-state index in [1.807, 2.05) is 21.1 Å². The van der Waals surface area contributed by atoms with Crippen LogP contribution in [0.1, 0.15) is 284 Å². The van der Waals surface area contributed by atoms with E-state index in [2.05, 4.69) is 104 Å². The lowest BCUT2D eigenvalue weighted by atomic mass is 10.0. The first-order valence-electron chi connectivity index (χ1n) is 32.0. The summed E-state index contributed by atoms with van der Waals surface area (Å²) in [6.45, 7) is 4.80. The molecule has 0 spiro atoms. The number of phosphoric ester groups is 1. The molecule has 0 fully saturated rings. The largest absolute Gasteiger partial charge is 0.472 e. The van der Waals surface area contributed by atoms with Gasteiger partial charge in [-0.25, -0.2) is 4.57 Å². The number of amides is 1. The van der Waals surface area contributed by atoms with Crippen molar-refractivity contribution in [1.29, 1.82) is 0 Å². The Bertz CT molecular complexity index is 1510. The first kappa shape index (κ1) is 73.7. The third kappa shape index (κ3) is 59.3. The molecule has 0 aromatic heterocycles. The first-order valence-corrected chi connectivity index (χ1v) is 33.4. The Balaban J connectivity index is 4.02. The van der Waals surface area contributed by atoms with Crippen LogP contribution in [-0.2, 0) is 18.4 Å². The van der Waals surface area contributed by atoms with Gasteiger partial charge in [0.1, 0.15) is 13.2 Å². The molecule has 76 heavy (non-hydrogen) atoms. The lowest BCUT2D eigenvalue weighted by Crippen LogP contribution is -2.46. The average molecular weight is 1080 g/mol. The van der Waals surface area contributed by atoms with Gasteiger partial charge in [-0.1, -0.05) is 292 Å². The fraction of sp³-hybridized carbons (Fsp3) is 0.776. The van der Waals surface area contributed by atoms with E-state index in [4.69, 9.17) is 9.05 Å². The Hall–Kier alpha value is -2.32. The SMILES string of the molecule is CC/C=C\C/C=C\C/C=C\C/C=C\C/C=C\C/C=C\C/C=C\CCCCCCCCCCCCCCCCCC(=O)NC(COP(=O)(O)OCC[N+](C)(C)C)C(O)CCCCCCCCCCCCCCCCCCC.